The molecule has 0 spiro atoms. The van der Waals surface area contributed by atoms with Crippen LogP contribution < -0.4 is 0 Å². The molecule has 3 heterocycles. The number of nitrogens with zero attached hydrogens (tertiary/aromatic N) is 3. The maximum absolute atomic E-state index is 12.9. The fraction of sp³-hybridized carbons (Fsp3) is 0.529. The van der Waals surface area contributed by atoms with E-state index >= 15 is 0 Å². The van der Waals surface area contributed by atoms with Gasteiger partial charge in [-0.05, 0) is 17.7 Å². The Hall–Kier alpha value is -1.28. The van der Waals surface area contributed by atoms with Gasteiger partial charge in [0.15, 0.2) is 0 Å². The second kappa shape index (κ2) is 7.15. The van der Waals surface area contributed by atoms with Gasteiger partial charge in [0.05, 0.1) is 13.2 Å². The maximum atomic E-state index is 12.9. The number of carbonyl (C=O) groups excluding carboxylic acids is 2. The summed E-state index contributed by atoms with van der Waals surface area (Å²) < 4.78 is 5.34. The lowest BCUT2D eigenvalue weighted by molar-refractivity contribution is -0.127. The fourth-order valence-corrected chi connectivity index (χ4v) is 5.04. The van der Waals surface area contributed by atoms with E-state index in [1.54, 1.807) is 16.7 Å². The Labute approximate surface area is 156 Å². The van der Waals surface area contributed by atoms with Crippen LogP contribution in [-0.4, -0.2) is 77.8 Å². The first-order valence-electron chi connectivity index (χ1n) is 8.46. The highest BCUT2D eigenvalue weighted by molar-refractivity contribution is 7.99. The number of hydrogen-bond acceptors (Lipinski definition) is 5. The van der Waals surface area contributed by atoms with E-state index < -0.39 is 0 Å². The van der Waals surface area contributed by atoms with Crippen molar-refractivity contribution >= 4 is 35.3 Å². The van der Waals surface area contributed by atoms with E-state index in [4.69, 9.17) is 16.3 Å². The molecule has 6 nitrogen and oxygen atoms in total. The Balaban J connectivity index is 1.45. The molecule has 0 N–H and O–H groups in total. The van der Waals surface area contributed by atoms with Gasteiger partial charge in [-0.25, -0.2) is 4.79 Å². The molecule has 0 radical (unpaired) electrons. The van der Waals surface area contributed by atoms with E-state index in [9.17, 15) is 9.59 Å². The van der Waals surface area contributed by atoms with E-state index in [0.29, 0.717) is 37.1 Å². The molecule has 1 aromatic carbocycles. The predicted octanol–water partition coefficient (Wildman–Crippen LogP) is 2.05. The molecule has 4 rings (SSSR count). The van der Waals surface area contributed by atoms with Crippen molar-refractivity contribution in [2.75, 3.05) is 45.1 Å². The number of carbonyl (C=O) groups is 2. The van der Waals surface area contributed by atoms with Gasteiger partial charge in [0.25, 0.3) is 5.91 Å². The van der Waals surface area contributed by atoms with Crippen LogP contribution in [0.4, 0.5) is 4.79 Å². The Morgan fingerprint density at radius 2 is 1.84 bits per heavy atom. The van der Waals surface area contributed by atoms with Gasteiger partial charge in [0, 0.05) is 37.0 Å². The second-order valence-electron chi connectivity index (χ2n) is 6.39. The van der Waals surface area contributed by atoms with E-state index in [1.165, 1.54) is 4.90 Å². The Bertz CT molecular complexity index is 666. The minimum absolute atomic E-state index is 0.0674. The number of rotatable bonds is 4. The van der Waals surface area contributed by atoms with Gasteiger partial charge in [-0.2, -0.15) is 0 Å². The van der Waals surface area contributed by atoms with Gasteiger partial charge in [-0.15, -0.1) is 11.8 Å². The SMILES string of the molecule is O=C1[C@@H]2CS[C@@H](c3ccc(Cl)cc3)N2C(=O)N1CCN1CCOCC1. The molecule has 25 heavy (non-hydrogen) atoms. The third-order valence-corrected chi connectivity index (χ3v) is 6.48. The van der Waals surface area contributed by atoms with Crippen molar-refractivity contribution in [2.45, 2.75) is 11.4 Å². The van der Waals surface area contributed by atoms with E-state index in [0.717, 1.165) is 18.7 Å². The molecule has 8 heteroatoms. The van der Waals surface area contributed by atoms with Gasteiger partial charge in [-0.1, -0.05) is 23.7 Å². The quantitative estimate of drug-likeness (QED) is 0.747. The van der Waals surface area contributed by atoms with Crippen LogP contribution in [0, 0.1) is 0 Å². The third kappa shape index (κ3) is 3.26. The maximum Gasteiger partial charge on any atom is 0.328 e. The number of amides is 3. The highest BCUT2D eigenvalue weighted by Gasteiger charge is 2.52. The number of urea groups is 1. The summed E-state index contributed by atoms with van der Waals surface area (Å²) in [5.74, 6) is 0.577. The van der Waals surface area contributed by atoms with Crippen molar-refractivity contribution in [1.82, 2.24) is 14.7 Å². The van der Waals surface area contributed by atoms with Crippen LogP contribution in [0.5, 0.6) is 0 Å². The number of thioether (sulfide) groups is 1. The number of halogens is 1. The summed E-state index contributed by atoms with van der Waals surface area (Å²) in [6.45, 7) is 4.29. The molecule has 3 fully saturated rings. The molecule has 0 saturated carbocycles. The number of hydrogen-bond donors (Lipinski definition) is 0. The van der Waals surface area contributed by atoms with Crippen molar-refractivity contribution in [2.24, 2.45) is 0 Å². The number of fused-ring (bicyclic) bond motifs is 1. The van der Waals surface area contributed by atoms with Gasteiger partial charge in [-0.3, -0.25) is 19.5 Å². The lowest BCUT2D eigenvalue weighted by Crippen LogP contribution is -2.43. The van der Waals surface area contributed by atoms with E-state index in [1.807, 2.05) is 24.3 Å². The Morgan fingerprint density at radius 3 is 2.56 bits per heavy atom. The summed E-state index contributed by atoms with van der Waals surface area (Å²) in [5.41, 5.74) is 1.01. The summed E-state index contributed by atoms with van der Waals surface area (Å²) in [5, 5.41) is 0.548. The summed E-state index contributed by atoms with van der Waals surface area (Å²) in [4.78, 5) is 30.9. The van der Waals surface area contributed by atoms with Crippen molar-refractivity contribution in [3.8, 4) is 0 Å². The molecule has 1 aromatic rings. The second-order valence-corrected chi connectivity index (χ2v) is 7.94. The molecule has 2 atom stereocenters. The molecular formula is C17H20ClN3O3S. The van der Waals surface area contributed by atoms with Crippen molar-refractivity contribution in [1.29, 1.82) is 0 Å². The summed E-state index contributed by atoms with van der Waals surface area (Å²) >= 11 is 7.59. The van der Waals surface area contributed by atoms with Crippen molar-refractivity contribution in [3.63, 3.8) is 0 Å². The molecule has 3 saturated heterocycles. The first-order chi connectivity index (χ1) is 12.1. The number of benzene rings is 1. The van der Waals surface area contributed by atoms with Crippen LogP contribution >= 0.6 is 23.4 Å². The molecule has 3 aliphatic rings. The molecule has 0 aliphatic carbocycles. The fourth-order valence-electron chi connectivity index (χ4n) is 3.50. The first kappa shape index (κ1) is 17.1. The highest BCUT2D eigenvalue weighted by Crippen LogP contribution is 2.45. The highest BCUT2D eigenvalue weighted by atomic mass is 35.5. The molecule has 0 bridgehead atoms. The molecule has 3 amide bonds. The van der Waals surface area contributed by atoms with Crippen LogP contribution in [0.3, 0.4) is 0 Å². The van der Waals surface area contributed by atoms with Crippen LogP contribution in [-0.2, 0) is 9.53 Å². The molecular weight excluding hydrogens is 362 g/mol. The largest absolute Gasteiger partial charge is 0.379 e. The zero-order chi connectivity index (χ0) is 17.4. The summed E-state index contributed by atoms with van der Waals surface area (Å²) in [6, 6.07) is 6.98. The molecule has 134 valence electrons. The minimum atomic E-state index is -0.345. The Kier molecular flexibility index (Phi) is 4.90. The normalized spacial score (nSPS) is 27.2. The van der Waals surface area contributed by atoms with Gasteiger partial charge in [0.2, 0.25) is 0 Å². The lowest BCUT2D eigenvalue weighted by atomic mass is 10.2. The van der Waals surface area contributed by atoms with Gasteiger partial charge >= 0.3 is 6.03 Å². The molecule has 0 aromatic heterocycles. The number of ether oxygens (including phenoxy) is 1. The van der Waals surface area contributed by atoms with Crippen LogP contribution in [0.25, 0.3) is 0 Å². The number of morpholine rings is 1. The average molecular weight is 382 g/mol. The topological polar surface area (TPSA) is 53.1 Å². The smallest absolute Gasteiger partial charge is 0.328 e. The molecule has 0 unspecified atom stereocenters. The van der Waals surface area contributed by atoms with E-state index in [2.05, 4.69) is 4.90 Å². The zero-order valence-electron chi connectivity index (χ0n) is 13.8. The third-order valence-electron chi connectivity index (χ3n) is 4.90. The van der Waals surface area contributed by atoms with Crippen molar-refractivity contribution < 1.29 is 14.3 Å². The summed E-state index contributed by atoms with van der Waals surface area (Å²) in [6.07, 6.45) is 0. The van der Waals surface area contributed by atoms with Gasteiger partial charge in [0.1, 0.15) is 11.4 Å². The minimum Gasteiger partial charge on any atom is -0.379 e. The van der Waals surface area contributed by atoms with Crippen LogP contribution in [0.1, 0.15) is 10.9 Å². The number of imide groups is 1. The average Bonchev–Trinajstić information content (AvgIpc) is 3.16. The Morgan fingerprint density at radius 1 is 1.12 bits per heavy atom. The standard InChI is InChI=1S/C17H20ClN3O3S/c18-13-3-1-12(2-4-13)16-21-14(11-25-16)15(22)20(17(21)23)6-5-19-7-9-24-10-8-19/h1-4,14,16H,5-11H2/t14-,16-/m0/s1. The summed E-state index contributed by atoms with van der Waals surface area (Å²) in [7, 11) is 0. The monoisotopic (exact) mass is 381 g/mol. The van der Waals surface area contributed by atoms with Crippen molar-refractivity contribution in [3.05, 3.63) is 34.9 Å². The van der Waals surface area contributed by atoms with Crippen LogP contribution in [0.15, 0.2) is 24.3 Å². The van der Waals surface area contributed by atoms with Gasteiger partial charge < -0.3 is 4.74 Å². The first-order valence-corrected chi connectivity index (χ1v) is 9.88. The van der Waals surface area contributed by atoms with E-state index in [-0.39, 0.29) is 23.4 Å². The molecule has 3 aliphatic heterocycles. The zero-order valence-corrected chi connectivity index (χ0v) is 15.3. The predicted molar refractivity (Wildman–Crippen MR) is 96.6 cm³/mol. The lowest BCUT2D eigenvalue weighted by Gasteiger charge is -2.28. The van der Waals surface area contributed by atoms with Crippen LogP contribution in [0.2, 0.25) is 5.02 Å².